The molecule has 41 heavy (non-hydrogen) atoms. The number of nitrogens with one attached hydrogen (secondary N) is 1. The van der Waals surface area contributed by atoms with E-state index >= 15 is 4.39 Å². The van der Waals surface area contributed by atoms with Gasteiger partial charge in [-0.05, 0) is 51.8 Å². The van der Waals surface area contributed by atoms with Crippen molar-refractivity contribution in [3.05, 3.63) is 45.9 Å². The van der Waals surface area contributed by atoms with Crippen molar-refractivity contribution in [3.8, 4) is 11.8 Å². The zero-order chi connectivity index (χ0) is 29.3. The number of halogens is 1. The van der Waals surface area contributed by atoms with Crippen LogP contribution in [0.15, 0.2) is 29.1 Å². The molecule has 0 radical (unpaired) electrons. The molecule has 1 N–H and O–H groups in total. The minimum atomic E-state index is -0.426. The predicted molar refractivity (Wildman–Crippen MR) is 163 cm³/mol. The van der Waals surface area contributed by atoms with Crippen LogP contribution in [0.25, 0.3) is 32.8 Å². The van der Waals surface area contributed by atoms with E-state index in [9.17, 15) is 10.1 Å². The average molecular weight is 562 g/mol. The third kappa shape index (κ3) is 5.04. The first-order valence-corrected chi connectivity index (χ1v) is 14.9. The van der Waals surface area contributed by atoms with Crippen molar-refractivity contribution < 1.29 is 13.9 Å². The van der Waals surface area contributed by atoms with E-state index in [1.54, 1.807) is 24.3 Å². The Morgan fingerprint density at radius 3 is 2.46 bits per heavy atom. The molecule has 4 aromatic rings. The standard InChI is InChI=1S/C30H34FN5O3.C2H6/c1-4-39-24-16-22-27(26(31)28(24)35-9-7-20(8-10-35)34-11-13-38-14-12-34)36(18(2)3)30-25(29(22)37)21-6-5-19(17-32)15-23(21)33-30;1-2/h5-6,15-16,18,20,33H,4,7-14H2,1-3H3;1-2H3. The van der Waals surface area contributed by atoms with Crippen LogP contribution in [-0.2, 0) is 4.74 Å². The number of hydrogen-bond acceptors (Lipinski definition) is 6. The lowest BCUT2D eigenvalue weighted by molar-refractivity contribution is 0.0114. The molecule has 2 aromatic carbocycles. The third-order valence-corrected chi connectivity index (χ3v) is 8.20. The second-order valence-corrected chi connectivity index (χ2v) is 10.7. The molecule has 0 saturated carbocycles. The van der Waals surface area contributed by atoms with E-state index in [0.717, 1.165) is 44.5 Å². The number of ether oxygens (including phenoxy) is 2. The summed E-state index contributed by atoms with van der Waals surface area (Å²) in [5.41, 5.74) is 2.21. The fourth-order valence-electron chi connectivity index (χ4n) is 6.40. The summed E-state index contributed by atoms with van der Waals surface area (Å²) >= 11 is 0. The summed E-state index contributed by atoms with van der Waals surface area (Å²) < 4.78 is 30.2. The van der Waals surface area contributed by atoms with E-state index in [1.807, 2.05) is 39.2 Å². The van der Waals surface area contributed by atoms with Gasteiger partial charge in [0.25, 0.3) is 0 Å². The number of morpholine rings is 1. The number of aromatic amines is 1. The largest absolute Gasteiger partial charge is 0.492 e. The molecule has 0 amide bonds. The Labute approximate surface area is 240 Å². The normalized spacial score (nSPS) is 16.8. The van der Waals surface area contributed by atoms with Crippen LogP contribution >= 0.6 is 0 Å². The summed E-state index contributed by atoms with van der Waals surface area (Å²) in [5, 5.41) is 10.9. The number of benzene rings is 2. The summed E-state index contributed by atoms with van der Waals surface area (Å²) in [6.07, 6.45) is 1.87. The Morgan fingerprint density at radius 1 is 1.12 bits per heavy atom. The predicted octanol–water partition coefficient (Wildman–Crippen LogP) is 5.95. The Bertz CT molecular complexity index is 1650. The number of H-pyrrole nitrogens is 1. The van der Waals surface area contributed by atoms with Crippen molar-refractivity contribution in [1.82, 2.24) is 14.5 Å². The van der Waals surface area contributed by atoms with Crippen LogP contribution in [0.1, 0.15) is 59.1 Å². The molecule has 9 heteroatoms. The van der Waals surface area contributed by atoms with Gasteiger partial charge >= 0.3 is 0 Å². The van der Waals surface area contributed by atoms with Gasteiger partial charge in [-0.3, -0.25) is 9.69 Å². The monoisotopic (exact) mass is 561 g/mol. The van der Waals surface area contributed by atoms with E-state index in [4.69, 9.17) is 9.47 Å². The number of nitriles is 1. The number of nitrogens with zero attached hydrogens (tertiary/aromatic N) is 4. The van der Waals surface area contributed by atoms with Gasteiger partial charge in [0.2, 0.25) is 0 Å². The van der Waals surface area contributed by atoms with Gasteiger partial charge in [-0.25, -0.2) is 4.39 Å². The molecule has 0 unspecified atom stereocenters. The lowest BCUT2D eigenvalue weighted by atomic mass is 10.0. The molecule has 2 aliphatic rings. The van der Waals surface area contributed by atoms with Gasteiger partial charge in [-0.2, -0.15) is 5.26 Å². The smallest absolute Gasteiger partial charge is 0.199 e. The number of anilines is 1. The maximum atomic E-state index is 16.8. The first-order chi connectivity index (χ1) is 19.9. The molecule has 2 aromatic heterocycles. The number of rotatable bonds is 5. The quantitative estimate of drug-likeness (QED) is 0.324. The van der Waals surface area contributed by atoms with Crippen molar-refractivity contribution in [3.63, 3.8) is 0 Å². The van der Waals surface area contributed by atoms with E-state index < -0.39 is 5.82 Å². The Hall–Kier alpha value is -3.61. The minimum Gasteiger partial charge on any atom is -0.492 e. The zero-order valence-corrected chi connectivity index (χ0v) is 24.7. The Balaban J connectivity index is 0.00000165. The van der Waals surface area contributed by atoms with E-state index in [0.29, 0.717) is 64.7 Å². The summed E-state index contributed by atoms with van der Waals surface area (Å²) in [6.45, 7) is 15.0. The van der Waals surface area contributed by atoms with Gasteiger partial charge in [-0.1, -0.05) is 19.9 Å². The van der Waals surface area contributed by atoms with E-state index in [1.165, 1.54) is 0 Å². The van der Waals surface area contributed by atoms with Crippen LogP contribution in [0.3, 0.4) is 0 Å². The van der Waals surface area contributed by atoms with Gasteiger partial charge in [-0.15, -0.1) is 0 Å². The van der Waals surface area contributed by atoms with Gasteiger partial charge < -0.3 is 23.9 Å². The Morgan fingerprint density at radius 2 is 1.83 bits per heavy atom. The second kappa shape index (κ2) is 12.1. The summed E-state index contributed by atoms with van der Waals surface area (Å²) in [4.78, 5) is 21.9. The molecular weight excluding hydrogens is 521 g/mol. The van der Waals surface area contributed by atoms with Crippen LogP contribution < -0.4 is 15.1 Å². The zero-order valence-electron chi connectivity index (χ0n) is 24.7. The lowest BCUT2D eigenvalue weighted by Gasteiger charge is -2.41. The van der Waals surface area contributed by atoms with Crippen molar-refractivity contribution in [1.29, 1.82) is 5.26 Å². The summed E-state index contributed by atoms with van der Waals surface area (Å²) in [7, 11) is 0. The number of pyridine rings is 1. The topological polar surface area (TPSA) is 86.5 Å². The van der Waals surface area contributed by atoms with Gasteiger partial charge in [0.15, 0.2) is 11.2 Å². The molecule has 2 fully saturated rings. The number of aromatic nitrogens is 2. The van der Waals surface area contributed by atoms with Gasteiger partial charge in [0, 0.05) is 49.2 Å². The number of hydrogen-bond donors (Lipinski definition) is 1. The first-order valence-electron chi connectivity index (χ1n) is 14.9. The highest BCUT2D eigenvalue weighted by atomic mass is 19.1. The number of piperidine rings is 1. The molecule has 0 bridgehead atoms. The summed E-state index contributed by atoms with van der Waals surface area (Å²) in [5.74, 6) is -0.0180. The molecule has 6 rings (SSSR count). The van der Waals surface area contributed by atoms with Crippen molar-refractivity contribution in [2.45, 2.75) is 59.5 Å². The first kappa shape index (κ1) is 28.9. The fourth-order valence-corrected chi connectivity index (χ4v) is 6.40. The van der Waals surface area contributed by atoms with Crippen LogP contribution in [0.4, 0.5) is 10.1 Å². The highest BCUT2D eigenvalue weighted by Crippen LogP contribution is 2.40. The van der Waals surface area contributed by atoms with Crippen LogP contribution in [-0.4, -0.2) is 66.5 Å². The van der Waals surface area contributed by atoms with Crippen LogP contribution in [0, 0.1) is 17.1 Å². The molecular formula is C32H40FN5O3. The number of fused-ring (bicyclic) bond motifs is 4. The molecule has 4 heterocycles. The van der Waals surface area contributed by atoms with Crippen LogP contribution in [0.5, 0.6) is 5.75 Å². The second-order valence-electron chi connectivity index (χ2n) is 10.7. The fraction of sp³-hybridized carbons (Fsp3) is 0.500. The minimum absolute atomic E-state index is 0.133. The molecule has 2 aliphatic heterocycles. The van der Waals surface area contributed by atoms with Gasteiger partial charge in [0.05, 0.1) is 47.7 Å². The maximum Gasteiger partial charge on any atom is 0.199 e. The van der Waals surface area contributed by atoms with Gasteiger partial charge in [0.1, 0.15) is 17.1 Å². The molecule has 8 nitrogen and oxygen atoms in total. The molecule has 0 atom stereocenters. The van der Waals surface area contributed by atoms with Crippen LogP contribution in [0.2, 0.25) is 0 Å². The molecule has 218 valence electrons. The average Bonchev–Trinajstić information content (AvgIpc) is 3.38. The lowest BCUT2D eigenvalue weighted by Crippen LogP contribution is -2.49. The van der Waals surface area contributed by atoms with E-state index in [-0.39, 0.29) is 17.0 Å². The molecule has 0 spiro atoms. The third-order valence-electron chi connectivity index (χ3n) is 8.20. The van der Waals surface area contributed by atoms with Crippen molar-refractivity contribution in [2.24, 2.45) is 0 Å². The molecule has 2 saturated heterocycles. The van der Waals surface area contributed by atoms with E-state index in [2.05, 4.69) is 20.9 Å². The highest BCUT2D eigenvalue weighted by molar-refractivity contribution is 6.10. The van der Waals surface area contributed by atoms with Crippen molar-refractivity contribution in [2.75, 3.05) is 50.9 Å². The maximum absolute atomic E-state index is 16.8. The van der Waals surface area contributed by atoms with Crippen molar-refractivity contribution >= 4 is 38.5 Å². The SMILES string of the molecule is CC.CCOc1cc2c(=O)c3c4ccc(C#N)cc4[nH]c3n(C(C)C)c2c(F)c1N1CCC(N2CCOCC2)CC1. The molecule has 0 aliphatic carbocycles. The highest BCUT2D eigenvalue weighted by Gasteiger charge is 2.31. The Kier molecular flexibility index (Phi) is 8.52. The summed E-state index contributed by atoms with van der Waals surface area (Å²) in [6, 6.07) is 9.43.